The third-order valence-electron chi connectivity index (χ3n) is 2.64. The molecular formula is C12H17BrO2. The predicted molar refractivity (Wildman–Crippen MR) is 65.0 cm³/mol. The van der Waals surface area contributed by atoms with Gasteiger partial charge >= 0.3 is 5.97 Å². The van der Waals surface area contributed by atoms with Crippen molar-refractivity contribution in [3.8, 4) is 0 Å². The SMILES string of the molecule is COC(=O)C1(CCCCBr)C=CCC=C1. The first-order valence-electron chi connectivity index (χ1n) is 5.25. The van der Waals surface area contributed by atoms with Crippen molar-refractivity contribution in [3.63, 3.8) is 0 Å². The molecule has 0 aromatic rings. The molecule has 0 spiro atoms. The molecule has 2 nitrogen and oxygen atoms in total. The van der Waals surface area contributed by atoms with Gasteiger partial charge in [0.25, 0.3) is 0 Å². The number of hydrogen-bond donors (Lipinski definition) is 0. The van der Waals surface area contributed by atoms with Crippen LogP contribution in [0.3, 0.4) is 0 Å². The van der Waals surface area contributed by atoms with E-state index < -0.39 is 5.41 Å². The zero-order valence-corrected chi connectivity index (χ0v) is 10.6. The summed E-state index contributed by atoms with van der Waals surface area (Å²) in [7, 11) is 1.45. The number of alkyl halides is 1. The molecule has 0 saturated carbocycles. The van der Waals surface area contributed by atoms with Gasteiger partial charge in [-0.15, -0.1) is 0 Å². The molecule has 3 heteroatoms. The van der Waals surface area contributed by atoms with Crippen LogP contribution in [0.4, 0.5) is 0 Å². The molecule has 0 amide bonds. The topological polar surface area (TPSA) is 26.3 Å². The summed E-state index contributed by atoms with van der Waals surface area (Å²) in [5.41, 5.74) is -0.505. The Kier molecular flexibility index (Phi) is 5.09. The second kappa shape index (κ2) is 6.11. The van der Waals surface area contributed by atoms with E-state index in [1.807, 2.05) is 24.3 Å². The molecule has 84 valence electrons. The Morgan fingerprint density at radius 2 is 2.07 bits per heavy atom. The molecule has 1 aliphatic rings. The molecule has 1 aliphatic carbocycles. The Labute approximate surface area is 99.5 Å². The fourth-order valence-corrected chi connectivity index (χ4v) is 2.19. The first-order chi connectivity index (χ1) is 7.25. The Balaban J connectivity index is 2.68. The molecule has 0 unspecified atom stereocenters. The summed E-state index contributed by atoms with van der Waals surface area (Å²) in [4.78, 5) is 11.7. The van der Waals surface area contributed by atoms with Crippen LogP contribution in [-0.4, -0.2) is 18.4 Å². The first kappa shape index (κ1) is 12.5. The molecular weight excluding hydrogens is 256 g/mol. The number of ether oxygens (including phenoxy) is 1. The molecule has 0 aliphatic heterocycles. The minimum Gasteiger partial charge on any atom is -0.468 e. The largest absolute Gasteiger partial charge is 0.468 e. The lowest BCUT2D eigenvalue weighted by molar-refractivity contribution is -0.147. The Morgan fingerprint density at radius 1 is 1.40 bits per heavy atom. The van der Waals surface area contributed by atoms with Crippen LogP contribution in [0.2, 0.25) is 0 Å². The standard InChI is InChI=1S/C12H17BrO2/c1-15-11(14)12(9-5-6-10-13)7-3-2-4-8-12/h3-4,7-8H,2,5-6,9-10H2,1H3. The van der Waals surface area contributed by atoms with Crippen molar-refractivity contribution < 1.29 is 9.53 Å². The van der Waals surface area contributed by atoms with Gasteiger partial charge in [-0.2, -0.15) is 0 Å². The van der Waals surface area contributed by atoms with Crippen LogP contribution in [0.15, 0.2) is 24.3 Å². The van der Waals surface area contributed by atoms with Crippen molar-refractivity contribution >= 4 is 21.9 Å². The van der Waals surface area contributed by atoms with Gasteiger partial charge in [-0.3, -0.25) is 4.79 Å². The molecule has 0 atom stereocenters. The molecule has 0 N–H and O–H groups in total. The highest BCUT2D eigenvalue weighted by Gasteiger charge is 2.34. The van der Waals surface area contributed by atoms with E-state index in [-0.39, 0.29) is 5.97 Å². The average Bonchev–Trinajstić information content (AvgIpc) is 2.29. The summed E-state index contributed by atoms with van der Waals surface area (Å²) in [5.74, 6) is -0.149. The predicted octanol–water partition coefficient (Wildman–Crippen LogP) is 3.23. The van der Waals surface area contributed by atoms with E-state index in [1.165, 1.54) is 7.11 Å². The summed E-state index contributed by atoms with van der Waals surface area (Å²) >= 11 is 3.39. The summed E-state index contributed by atoms with van der Waals surface area (Å²) in [6, 6.07) is 0. The number of carbonyl (C=O) groups is 1. The third-order valence-corrected chi connectivity index (χ3v) is 3.20. The molecule has 0 aromatic carbocycles. The number of carbonyl (C=O) groups excluding carboxylic acids is 1. The maximum atomic E-state index is 11.7. The van der Waals surface area contributed by atoms with Crippen LogP contribution in [-0.2, 0) is 9.53 Å². The highest BCUT2D eigenvalue weighted by atomic mass is 79.9. The zero-order chi connectivity index (χ0) is 11.1. The van der Waals surface area contributed by atoms with Crippen molar-refractivity contribution in [2.24, 2.45) is 5.41 Å². The van der Waals surface area contributed by atoms with Crippen LogP contribution in [0, 0.1) is 5.41 Å². The Hall–Kier alpha value is -0.570. The van der Waals surface area contributed by atoms with E-state index in [4.69, 9.17) is 4.74 Å². The number of hydrogen-bond acceptors (Lipinski definition) is 2. The molecule has 0 radical (unpaired) electrons. The van der Waals surface area contributed by atoms with Gasteiger partial charge in [-0.25, -0.2) is 0 Å². The van der Waals surface area contributed by atoms with Crippen molar-refractivity contribution in [1.82, 2.24) is 0 Å². The molecule has 1 rings (SSSR count). The van der Waals surface area contributed by atoms with E-state index >= 15 is 0 Å². The fourth-order valence-electron chi connectivity index (χ4n) is 1.80. The quantitative estimate of drug-likeness (QED) is 0.333. The average molecular weight is 273 g/mol. The maximum absolute atomic E-state index is 11.7. The van der Waals surface area contributed by atoms with Crippen LogP contribution in [0.1, 0.15) is 25.7 Å². The molecule has 15 heavy (non-hydrogen) atoms. The highest BCUT2D eigenvalue weighted by Crippen LogP contribution is 2.33. The van der Waals surface area contributed by atoms with E-state index in [2.05, 4.69) is 15.9 Å². The van der Waals surface area contributed by atoms with E-state index in [1.54, 1.807) is 0 Å². The van der Waals surface area contributed by atoms with Gasteiger partial charge in [-0.1, -0.05) is 46.7 Å². The third kappa shape index (κ3) is 3.20. The second-order valence-corrected chi connectivity index (χ2v) is 4.51. The van der Waals surface area contributed by atoms with Gasteiger partial charge in [0, 0.05) is 5.33 Å². The van der Waals surface area contributed by atoms with Crippen molar-refractivity contribution in [3.05, 3.63) is 24.3 Å². The summed E-state index contributed by atoms with van der Waals surface area (Å²) in [6.45, 7) is 0. The molecule has 0 heterocycles. The van der Waals surface area contributed by atoms with Crippen LogP contribution in [0.5, 0.6) is 0 Å². The van der Waals surface area contributed by atoms with Crippen molar-refractivity contribution in [1.29, 1.82) is 0 Å². The molecule has 0 aromatic heterocycles. The number of esters is 1. The van der Waals surface area contributed by atoms with E-state index in [0.29, 0.717) is 0 Å². The van der Waals surface area contributed by atoms with Crippen molar-refractivity contribution in [2.75, 3.05) is 12.4 Å². The van der Waals surface area contributed by atoms with Crippen LogP contribution < -0.4 is 0 Å². The molecule has 0 bridgehead atoms. The van der Waals surface area contributed by atoms with Crippen molar-refractivity contribution in [2.45, 2.75) is 25.7 Å². The second-order valence-electron chi connectivity index (χ2n) is 3.72. The number of allylic oxidation sites excluding steroid dienone is 2. The molecule has 0 saturated heterocycles. The number of halogens is 1. The highest BCUT2D eigenvalue weighted by molar-refractivity contribution is 9.09. The van der Waals surface area contributed by atoms with Gasteiger partial charge < -0.3 is 4.74 Å². The number of methoxy groups -OCH3 is 1. The van der Waals surface area contributed by atoms with Gasteiger partial charge in [0.1, 0.15) is 5.41 Å². The minimum atomic E-state index is -0.505. The number of unbranched alkanes of at least 4 members (excludes halogenated alkanes) is 1. The molecule has 0 fully saturated rings. The van der Waals surface area contributed by atoms with E-state index in [9.17, 15) is 4.79 Å². The van der Waals surface area contributed by atoms with Crippen LogP contribution in [0.25, 0.3) is 0 Å². The zero-order valence-electron chi connectivity index (χ0n) is 9.04. The summed E-state index contributed by atoms with van der Waals surface area (Å²) < 4.78 is 4.87. The normalized spacial score (nSPS) is 17.7. The van der Waals surface area contributed by atoms with Gasteiger partial charge in [0.05, 0.1) is 7.11 Å². The summed E-state index contributed by atoms with van der Waals surface area (Å²) in [6.07, 6.45) is 11.9. The van der Waals surface area contributed by atoms with Crippen LogP contribution >= 0.6 is 15.9 Å². The number of rotatable bonds is 5. The van der Waals surface area contributed by atoms with Gasteiger partial charge in [-0.05, 0) is 19.3 Å². The monoisotopic (exact) mass is 272 g/mol. The van der Waals surface area contributed by atoms with Gasteiger partial charge in [0.2, 0.25) is 0 Å². The smallest absolute Gasteiger partial charge is 0.319 e. The maximum Gasteiger partial charge on any atom is 0.319 e. The lowest BCUT2D eigenvalue weighted by Crippen LogP contribution is -2.29. The lowest BCUT2D eigenvalue weighted by Gasteiger charge is -2.26. The van der Waals surface area contributed by atoms with Gasteiger partial charge in [0.15, 0.2) is 0 Å². The summed E-state index contributed by atoms with van der Waals surface area (Å²) in [5, 5.41) is 0.984. The first-order valence-corrected chi connectivity index (χ1v) is 6.37. The lowest BCUT2D eigenvalue weighted by atomic mass is 9.79. The Bertz CT molecular complexity index is 257. The minimum absolute atomic E-state index is 0.149. The fraction of sp³-hybridized carbons (Fsp3) is 0.583. The van der Waals surface area contributed by atoms with E-state index in [0.717, 1.165) is 31.0 Å². The Morgan fingerprint density at radius 3 is 2.60 bits per heavy atom.